The Balaban J connectivity index is 0.000000244. The number of alkyl halides is 6. The topological polar surface area (TPSA) is 112 Å². The zero-order valence-corrected chi connectivity index (χ0v) is 33.1. The van der Waals surface area contributed by atoms with E-state index < -0.39 is 72.7 Å². The predicted octanol–water partition coefficient (Wildman–Crippen LogP) is 11.1. The summed E-state index contributed by atoms with van der Waals surface area (Å²) in [5.41, 5.74) is 1.79. The van der Waals surface area contributed by atoms with Crippen LogP contribution in [-0.2, 0) is 33.3 Å². The van der Waals surface area contributed by atoms with Crippen LogP contribution in [0.4, 0.5) is 35.1 Å². The van der Waals surface area contributed by atoms with Crippen LogP contribution in [0.2, 0.25) is 5.02 Å². The van der Waals surface area contributed by atoms with Crippen molar-refractivity contribution in [1.29, 1.82) is 15.8 Å². The minimum atomic E-state index is -3.43. The maximum Gasteiger partial charge on any atom is 2.00 e. The van der Waals surface area contributed by atoms with E-state index in [9.17, 15) is 61.1 Å². The van der Waals surface area contributed by atoms with Crippen LogP contribution in [0.25, 0.3) is 0 Å². The Morgan fingerprint density at radius 2 is 0.966 bits per heavy atom. The Hall–Kier alpha value is -4.34. The van der Waals surface area contributed by atoms with Crippen molar-refractivity contribution in [3.63, 3.8) is 0 Å². The molecule has 8 rings (SSSR count). The molecule has 2 N–H and O–H groups in total. The number of fused-ring (bicyclic) bond motifs is 4. The van der Waals surface area contributed by atoms with Crippen LogP contribution < -0.4 is 0 Å². The van der Waals surface area contributed by atoms with Crippen LogP contribution in [0.5, 0.6) is 0 Å². The number of hydrogen-bond acceptors (Lipinski definition) is 5. The summed E-state index contributed by atoms with van der Waals surface area (Å²) in [4.78, 5) is 0. The molecule has 15 heteroatoms. The molecule has 0 amide bonds. The van der Waals surface area contributed by atoms with Crippen LogP contribution >= 0.6 is 11.6 Å². The first-order chi connectivity index (χ1) is 26.0. The maximum atomic E-state index is 14.5. The molecule has 6 atom stereocenters. The molecule has 58 heavy (non-hydrogen) atoms. The molecule has 4 aliphatic carbocycles. The van der Waals surface area contributed by atoms with Gasteiger partial charge in [0.15, 0.2) is 0 Å². The van der Waals surface area contributed by atoms with Crippen LogP contribution in [0.15, 0.2) is 48.5 Å². The van der Waals surface area contributed by atoms with Crippen molar-refractivity contribution in [2.75, 3.05) is 0 Å². The molecule has 0 aromatic heterocycles. The van der Waals surface area contributed by atoms with Gasteiger partial charge in [-0.25, -0.2) is 35.1 Å². The van der Waals surface area contributed by atoms with Crippen LogP contribution in [-0.4, -0.2) is 22.1 Å². The molecule has 0 spiro atoms. The summed E-state index contributed by atoms with van der Waals surface area (Å²) in [6, 6.07) is 15.6. The van der Waals surface area contributed by atoms with Gasteiger partial charge in [-0.15, -0.1) is 0 Å². The molecular weight excluding hydrogens is 884 g/mol. The largest absolute Gasteiger partial charge is 2.00 e. The van der Waals surface area contributed by atoms with E-state index in [2.05, 4.69) is 0 Å². The second-order valence-corrected chi connectivity index (χ2v) is 14.7. The average Bonchev–Trinajstić information content (AvgIpc) is 3.54. The van der Waals surface area contributed by atoms with Gasteiger partial charge in [0.05, 0.1) is 34.9 Å². The van der Waals surface area contributed by atoms with E-state index in [1.54, 1.807) is 6.07 Å². The zero-order valence-electron chi connectivity index (χ0n) is 30.8. The minimum absolute atomic E-state index is 0. The summed E-state index contributed by atoms with van der Waals surface area (Å²) in [7, 11) is 0. The van der Waals surface area contributed by atoms with Gasteiger partial charge < -0.3 is 25.1 Å². The van der Waals surface area contributed by atoms with Gasteiger partial charge in [-0.1, -0.05) is 23.7 Å². The average molecular weight is 919 g/mol. The first-order valence-electron chi connectivity index (χ1n) is 17.3. The molecule has 306 valence electrons. The zero-order chi connectivity index (χ0) is 39.7. The van der Waals surface area contributed by atoms with Gasteiger partial charge in [0.1, 0.15) is 36.2 Å². The SMILES string of the molecule is N#Cc1cc(F)cc2c1[C@@H](c1ccc(C#N)c3c1CC(F)(F)[C@H]3O)CC[C@@H]2F.N#Cc1cc(F)cc2c1[C@@H](c1ccc(Cl)c3c1CC(F)(F)[C@H]3O)CC[C@@H]2F.[CH3-].[CH3-].[Pd+2]. The molecule has 0 radical (unpaired) electrons. The van der Waals surface area contributed by atoms with Crippen molar-refractivity contribution in [2.24, 2.45) is 0 Å². The standard InChI is InChI=1S/C21H14F4N2O.C20H14ClF4NO.2CH3.Pd/c22-12-5-11(9-27)18-14(3-4-17(23)15(18)6-12)13-2-1-10(8-26)19-16(13)7-21(24,25)20(19)28;21-15-3-1-11(14-7-20(24,25)19(27)18(14)15)12-2-4-16(23)13-6-10(22)5-9(8-26)17(12)13;;;/h1-2,5-6,14,17,20,28H,3-4,7H2;1,3,5-6,12,16,19,27H,2,4,7H2;2*1H3;/q;;2*-1;+2/t14-,17+,20+;12-,16+,19+;;;/m11.../s1. The van der Waals surface area contributed by atoms with Gasteiger partial charge in [-0.2, -0.15) is 15.8 Å². The number of rotatable bonds is 2. The van der Waals surface area contributed by atoms with E-state index in [-0.39, 0.29) is 116 Å². The Kier molecular flexibility index (Phi) is 13.7. The van der Waals surface area contributed by atoms with Gasteiger partial charge >= 0.3 is 20.4 Å². The third-order valence-electron chi connectivity index (χ3n) is 11.2. The number of hydrogen-bond donors (Lipinski definition) is 2. The number of aliphatic hydroxyl groups excluding tert-OH is 2. The molecule has 0 unspecified atom stereocenters. The first-order valence-corrected chi connectivity index (χ1v) is 17.6. The van der Waals surface area contributed by atoms with Crippen LogP contribution in [0.3, 0.4) is 0 Å². The number of benzene rings is 4. The molecule has 0 bridgehead atoms. The second kappa shape index (κ2) is 17.1. The molecule has 4 aliphatic rings. The summed E-state index contributed by atoms with van der Waals surface area (Å²) < 4.78 is 113. The predicted molar refractivity (Wildman–Crippen MR) is 195 cm³/mol. The third kappa shape index (κ3) is 7.65. The van der Waals surface area contributed by atoms with E-state index in [1.165, 1.54) is 18.2 Å². The molecule has 4 aromatic rings. The van der Waals surface area contributed by atoms with E-state index in [0.29, 0.717) is 22.3 Å². The molecule has 5 nitrogen and oxygen atoms in total. The smallest absolute Gasteiger partial charge is 0.382 e. The molecule has 0 fully saturated rings. The van der Waals surface area contributed by atoms with Gasteiger partial charge in [0.25, 0.3) is 11.8 Å². The van der Waals surface area contributed by atoms with Gasteiger partial charge in [0.2, 0.25) is 0 Å². The van der Waals surface area contributed by atoms with Crippen molar-refractivity contribution in [2.45, 2.75) is 86.8 Å². The quantitative estimate of drug-likeness (QED) is 0.118. The molecular formula is C43H34ClF8N3O2Pd. The van der Waals surface area contributed by atoms with E-state index in [4.69, 9.17) is 11.6 Å². The van der Waals surface area contributed by atoms with Crippen LogP contribution in [0, 0.1) is 60.5 Å². The van der Waals surface area contributed by atoms with Gasteiger partial charge in [-0.05, 0) is 107 Å². The summed E-state index contributed by atoms with van der Waals surface area (Å²) in [6.45, 7) is 0. The molecule has 0 saturated carbocycles. The normalized spacial score (nSPS) is 23.9. The Morgan fingerprint density at radius 1 is 0.569 bits per heavy atom. The monoisotopic (exact) mass is 917 g/mol. The number of aliphatic hydroxyl groups is 2. The van der Waals surface area contributed by atoms with Crippen LogP contribution in [0.1, 0.15) is 134 Å². The van der Waals surface area contributed by atoms with E-state index in [0.717, 1.165) is 24.3 Å². The van der Waals surface area contributed by atoms with Gasteiger partial charge in [-0.3, -0.25) is 0 Å². The van der Waals surface area contributed by atoms with Crippen molar-refractivity contribution in [1.82, 2.24) is 0 Å². The minimum Gasteiger partial charge on any atom is -0.382 e. The first kappa shape index (κ1) is 46.4. The van der Waals surface area contributed by atoms with Crippen molar-refractivity contribution >= 4 is 11.6 Å². The maximum absolute atomic E-state index is 14.5. The Morgan fingerprint density at radius 3 is 1.40 bits per heavy atom. The summed E-state index contributed by atoms with van der Waals surface area (Å²) in [5, 5.41) is 48.2. The summed E-state index contributed by atoms with van der Waals surface area (Å²) >= 11 is 6.05. The Bertz CT molecular complexity index is 2390. The summed E-state index contributed by atoms with van der Waals surface area (Å²) in [6.07, 6.45) is -7.76. The van der Waals surface area contributed by atoms with Crippen molar-refractivity contribution in [3.05, 3.63) is 152 Å². The molecule has 0 saturated heterocycles. The molecule has 0 aliphatic heterocycles. The summed E-state index contributed by atoms with van der Waals surface area (Å²) in [5.74, 6) is -9.37. The van der Waals surface area contributed by atoms with Crippen molar-refractivity contribution in [3.8, 4) is 18.2 Å². The number of nitrogens with zero attached hydrogens (tertiary/aromatic N) is 3. The van der Waals surface area contributed by atoms with E-state index in [1.807, 2.05) is 18.2 Å². The fourth-order valence-electron chi connectivity index (χ4n) is 8.78. The number of nitriles is 3. The van der Waals surface area contributed by atoms with E-state index >= 15 is 0 Å². The fraction of sp³-hybridized carbons (Fsp3) is 0.326. The fourth-order valence-corrected chi connectivity index (χ4v) is 9.06. The van der Waals surface area contributed by atoms with Crippen molar-refractivity contribution < 1.29 is 65.8 Å². The third-order valence-corrected chi connectivity index (χ3v) is 11.5. The number of halogens is 9. The molecule has 4 aromatic carbocycles. The second-order valence-electron chi connectivity index (χ2n) is 14.2. The Labute approximate surface area is 349 Å². The molecule has 0 heterocycles. The van der Waals surface area contributed by atoms with Gasteiger partial charge in [0, 0.05) is 40.8 Å².